The maximum Gasteiger partial charge on any atom is 0.334 e. The summed E-state index contributed by atoms with van der Waals surface area (Å²) in [5.41, 5.74) is 0.502. The predicted octanol–water partition coefficient (Wildman–Crippen LogP) is 0.887. The lowest BCUT2D eigenvalue weighted by Crippen LogP contribution is -2.26. The van der Waals surface area contributed by atoms with E-state index in [1.54, 1.807) is 13.0 Å². The van der Waals surface area contributed by atoms with Crippen LogP contribution in [0.15, 0.2) is 11.6 Å². The normalized spacial score (nSPS) is 35.2. The topological polar surface area (TPSA) is 61.8 Å². The van der Waals surface area contributed by atoms with E-state index in [1.165, 1.54) is 7.11 Å². The fraction of sp³-hybridized carbons (Fsp3) is 0.667. The van der Waals surface area contributed by atoms with Crippen LogP contribution in [0.2, 0.25) is 0 Å². The van der Waals surface area contributed by atoms with Gasteiger partial charge in [0.15, 0.2) is 0 Å². The Morgan fingerprint density at radius 2 is 2.18 bits per heavy atom. The van der Waals surface area contributed by atoms with Crippen LogP contribution in [-0.2, 0) is 23.8 Å². The number of allylic oxidation sites excluding steroid dienone is 1. The SMILES string of the molecule is CCOC(=O)C1=C[C@@H](C)[C@H]2C(=O)O[C@H](OC)[C@@H]12. The molecule has 5 heteroatoms. The van der Waals surface area contributed by atoms with Gasteiger partial charge in [-0.15, -0.1) is 0 Å². The second-order valence-corrected chi connectivity index (χ2v) is 4.29. The molecule has 0 aromatic rings. The van der Waals surface area contributed by atoms with E-state index in [2.05, 4.69) is 0 Å². The number of esters is 2. The monoisotopic (exact) mass is 240 g/mol. The van der Waals surface area contributed by atoms with Gasteiger partial charge in [-0.1, -0.05) is 13.0 Å². The molecular weight excluding hydrogens is 224 g/mol. The first-order valence-corrected chi connectivity index (χ1v) is 5.72. The minimum Gasteiger partial charge on any atom is -0.463 e. The van der Waals surface area contributed by atoms with Gasteiger partial charge in [0.05, 0.1) is 18.4 Å². The molecule has 0 aromatic heterocycles. The summed E-state index contributed by atoms with van der Waals surface area (Å²) in [7, 11) is 1.46. The number of carbonyl (C=O) groups excluding carboxylic acids is 2. The fourth-order valence-electron chi connectivity index (χ4n) is 2.58. The Morgan fingerprint density at radius 1 is 1.47 bits per heavy atom. The maximum atomic E-state index is 11.8. The summed E-state index contributed by atoms with van der Waals surface area (Å²) >= 11 is 0. The zero-order valence-electron chi connectivity index (χ0n) is 10.1. The summed E-state index contributed by atoms with van der Waals surface area (Å²) in [5, 5.41) is 0. The van der Waals surface area contributed by atoms with Crippen molar-refractivity contribution in [2.24, 2.45) is 17.8 Å². The molecule has 2 aliphatic rings. The molecule has 1 aliphatic carbocycles. The first-order chi connectivity index (χ1) is 8.10. The van der Waals surface area contributed by atoms with Gasteiger partial charge in [0, 0.05) is 12.7 Å². The molecular formula is C12H16O5. The molecule has 1 fully saturated rings. The van der Waals surface area contributed by atoms with Gasteiger partial charge in [0.2, 0.25) is 6.29 Å². The maximum absolute atomic E-state index is 11.8. The van der Waals surface area contributed by atoms with Crippen LogP contribution in [-0.4, -0.2) is 31.9 Å². The molecule has 5 nitrogen and oxygen atoms in total. The molecule has 0 N–H and O–H groups in total. The number of methoxy groups -OCH3 is 1. The highest BCUT2D eigenvalue weighted by Crippen LogP contribution is 2.45. The van der Waals surface area contributed by atoms with Gasteiger partial charge in [0.25, 0.3) is 0 Å². The molecule has 94 valence electrons. The quantitative estimate of drug-likeness (QED) is 0.685. The minimum atomic E-state index is -0.673. The fourth-order valence-corrected chi connectivity index (χ4v) is 2.58. The van der Waals surface area contributed by atoms with Crippen molar-refractivity contribution in [2.75, 3.05) is 13.7 Å². The number of hydrogen-bond donors (Lipinski definition) is 0. The van der Waals surface area contributed by atoms with E-state index in [9.17, 15) is 9.59 Å². The van der Waals surface area contributed by atoms with E-state index in [1.807, 2.05) is 6.92 Å². The number of ether oxygens (including phenoxy) is 3. The molecule has 0 amide bonds. The lowest BCUT2D eigenvalue weighted by molar-refractivity contribution is -0.162. The Morgan fingerprint density at radius 3 is 2.76 bits per heavy atom. The molecule has 17 heavy (non-hydrogen) atoms. The number of rotatable bonds is 3. The van der Waals surface area contributed by atoms with Crippen molar-refractivity contribution in [2.45, 2.75) is 20.1 Å². The third-order valence-electron chi connectivity index (χ3n) is 3.30. The van der Waals surface area contributed by atoms with Gasteiger partial charge in [-0.25, -0.2) is 4.79 Å². The van der Waals surface area contributed by atoms with Crippen LogP contribution < -0.4 is 0 Å². The Balaban J connectivity index is 2.26. The highest BCUT2D eigenvalue weighted by Gasteiger charge is 2.54. The Hall–Kier alpha value is -1.36. The third kappa shape index (κ3) is 1.84. The van der Waals surface area contributed by atoms with Crippen LogP contribution >= 0.6 is 0 Å². The third-order valence-corrected chi connectivity index (χ3v) is 3.30. The summed E-state index contributed by atoms with van der Waals surface area (Å²) in [6, 6.07) is 0. The second-order valence-electron chi connectivity index (χ2n) is 4.29. The average molecular weight is 240 g/mol. The lowest BCUT2D eigenvalue weighted by Gasteiger charge is -2.17. The molecule has 1 aliphatic heterocycles. The zero-order chi connectivity index (χ0) is 12.6. The highest BCUT2D eigenvalue weighted by atomic mass is 16.7. The van der Waals surface area contributed by atoms with Crippen molar-refractivity contribution in [1.82, 2.24) is 0 Å². The van der Waals surface area contributed by atoms with Crippen LogP contribution in [0.1, 0.15) is 13.8 Å². The van der Waals surface area contributed by atoms with Gasteiger partial charge in [0.1, 0.15) is 0 Å². The number of carbonyl (C=O) groups is 2. The van der Waals surface area contributed by atoms with E-state index in [-0.39, 0.29) is 29.7 Å². The van der Waals surface area contributed by atoms with Crippen LogP contribution in [0.5, 0.6) is 0 Å². The van der Waals surface area contributed by atoms with E-state index in [0.717, 1.165) is 0 Å². The smallest absolute Gasteiger partial charge is 0.334 e. The molecule has 0 radical (unpaired) electrons. The molecule has 0 bridgehead atoms. The second kappa shape index (κ2) is 4.49. The van der Waals surface area contributed by atoms with Crippen molar-refractivity contribution in [3.05, 3.63) is 11.6 Å². The van der Waals surface area contributed by atoms with Gasteiger partial charge in [-0.05, 0) is 12.8 Å². The van der Waals surface area contributed by atoms with Crippen molar-refractivity contribution in [3.63, 3.8) is 0 Å². The Labute approximate surface area is 99.7 Å². The van der Waals surface area contributed by atoms with Crippen LogP contribution in [0.3, 0.4) is 0 Å². The number of fused-ring (bicyclic) bond motifs is 1. The first kappa shape index (κ1) is 12.1. The summed E-state index contributed by atoms with van der Waals surface area (Å²) in [6.07, 6.45) is 1.12. The molecule has 1 saturated heterocycles. The van der Waals surface area contributed by atoms with Crippen LogP contribution in [0, 0.1) is 17.8 Å². The molecule has 1 heterocycles. The van der Waals surface area contributed by atoms with Crippen molar-refractivity contribution < 1.29 is 23.8 Å². The Bertz CT molecular complexity index is 373. The molecule has 0 spiro atoms. The molecule has 2 rings (SSSR count). The molecule has 4 atom stereocenters. The van der Waals surface area contributed by atoms with Crippen molar-refractivity contribution in [3.8, 4) is 0 Å². The number of cyclic esters (lactones) is 1. The van der Waals surface area contributed by atoms with Gasteiger partial charge in [-0.3, -0.25) is 4.79 Å². The number of hydrogen-bond acceptors (Lipinski definition) is 5. The van der Waals surface area contributed by atoms with Crippen molar-refractivity contribution >= 4 is 11.9 Å². The van der Waals surface area contributed by atoms with E-state index in [4.69, 9.17) is 14.2 Å². The minimum absolute atomic E-state index is 0.0212. The first-order valence-electron chi connectivity index (χ1n) is 5.72. The zero-order valence-corrected chi connectivity index (χ0v) is 10.1. The summed E-state index contributed by atoms with van der Waals surface area (Å²) in [4.78, 5) is 23.5. The van der Waals surface area contributed by atoms with E-state index < -0.39 is 6.29 Å². The summed E-state index contributed by atoms with van der Waals surface area (Å²) < 4.78 is 15.2. The van der Waals surface area contributed by atoms with Gasteiger partial charge in [-0.2, -0.15) is 0 Å². The summed E-state index contributed by atoms with van der Waals surface area (Å²) in [5.74, 6) is -1.36. The standard InChI is InChI=1S/C12H16O5/c1-4-16-10(13)7-5-6(2)8-9(7)12(15-3)17-11(8)14/h5-6,8-9,12H,4H2,1-3H3/t6-,8-,9+,12+/m1/s1. The van der Waals surface area contributed by atoms with Crippen molar-refractivity contribution in [1.29, 1.82) is 0 Å². The largest absolute Gasteiger partial charge is 0.463 e. The molecule has 0 saturated carbocycles. The van der Waals surface area contributed by atoms with Gasteiger partial charge >= 0.3 is 11.9 Å². The van der Waals surface area contributed by atoms with Crippen LogP contribution in [0.4, 0.5) is 0 Å². The molecule has 0 unspecified atom stereocenters. The molecule has 0 aromatic carbocycles. The predicted molar refractivity (Wildman–Crippen MR) is 57.7 cm³/mol. The Kier molecular flexibility index (Phi) is 3.19. The average Bonchev–Trinajstić information content (AvgIpc) is 2.79. The lowest BCUT2D eigenvalue weighted by atomic mass is 9.88. The van der Waals surface area contributed by atoms with E-state index >= 15 is 0 Å². The highest BCUT2D eigenvalue weighted by molar-refractivity contribution is 5.93. The van der Waals surface area contributed by atoms with E-state index in [0.29, 0.717) is 12.2 Å². The summed E-state index contributed by atoms with van der Waals surface area (Å²) in [6.45, 7) is 3.95. The van der Waals surface area contributed by atoms with Gasteiger partial charge < -0.3 is 14.2 Å². The van der Waals surface area contributed by atoms with Crippen LogP contribution in [0.25, 0.3) is 0 Å².